The van der Waals surface area contributed by atoms with E-state index in [-0.39, 0.29) is 11.4 Å². The first-order valence-corrected chi connectivity index (χ1v) is 10.5. The third-order valence-corrected chi connectivity index (χ3v) is 5.56. The topological polar surface area (TPSA) is 84.5 Å². The summed E-state index contributed by atoms with van der Waals surface area (Å²) in [5.74, 6) is 0.213. The van der Waals surface area contributed by atoms with Gasteiger partial charge >= 0.3 is 0 Å². The zero-order valence-corrected chi connectivity index (χ0v) is 16.8. The zero-order chi connectivity index (χ0) is 20.7. The van der Waals surface area contributed by atoms with Crippen LogP contribution in [0.5, 0.6) is 5.75 Å². The van der Waals surface area contributed by atoms with E-state index in [1.807, 2.05) is 37.3 Å². The van der Waals surface area contributed by atoms with Crippen LogP contribution in [0.3, 0.4) is 0 Å². The Balaban J connectivity index is 1.49. The molecule has 3 rings (SSSR count). The van der Waals surface area contributed by atoms with Gasteiger partial charge in [0.15, 0.2) is 0 Å². The molecule has 0 radical (unpaired) electrons. The number of carbonyl (C=O) groups is 1. The molecule has 0 aromatic heterocycles. The molecule has 0 fully saturated rings. The predicted octanol–water partition coefficient (Wildman–Crippen LogP) is 3.49. The maximum Gasteiger partial charge on any atom is 0.241 e. The molecular formula is C22H22N2O4S. The second kappa shape index (κ2) is 9.36. The van der Waals surface area contributed by atoms with Crippen molar-refractivity contribution in [1.82, 2.24) is 4.72 Å². The lowest BCUT2D eigenvalue weighted by molar-refractivity contribution is -0.115. The molecule has 29 heavy (non-hydrogen) atoms. The van der Waals surface area contributed by atoms with Crippen molar-refractivity contribution in [3.05, 3.63) is 90.0 Å². The third-order valence-electron chi connectivity index (χ3n) is 4.14. The molecule has 3 aromatic carbocycles. The molecule has 2 N–H and O–H groups in total. The standard InChI is InChI=1S/C22H22N2O4S/c1-17-7-13-21(14-8-17)29(26,27)23-15-22(25)24-19-9-11-20(12-10-19)28-16-18-5-3-2-4-6-18/h2-14,23H,15-16H2,1H3,(H,24,25). The zero-order valence-electron chi connectivity index (χ0n) is 16.0. The number of sulfonamides is 1. The Morgan fingerprint density at radius 3 is 2.21 bits per heavy atom. The molecule has 0 saturated heterocycles. The van der Waals surface area contributed by atoms with Crippen LogP contribution in [0.25, 0.3) is 0 Å². The molecule has 0 unspecified atom stereocenters. The van der Waals surface area contributed by atoms with Crippen molar-refractivity contribution < 1.29 is 17.9 Å². The van der Waals surface area contributed by atoms with Crippen molar-refractivity contribution in [3.63, 3.8) is 0 Å². The molecule has 0 spiro atoms. The van der Waals surface area contributed by atoms with Gasteiger partial charge in [-0.25, -0.2) is 13.1 Å². The largest absolute Gasteiger partial charge is 0.489 e. The lowest BCUT2D eigenvalue weighted by Gasteiger charge is -2.10. The highest BCUT2D eigenvalue weighted by atomic mass is 32.2. The second-order valence-corrected chi connectivity index (χ2v) is 8.25. The van der Waals surface area contributed by atoms with Crippen molar-refractivity contribution in [1.29, 1.82) is 0 Å². The molecule has 7 heteroatoms. The number of rotatable bonds is 8. The van der Waals surface area contributed by atoms with Crippen molar-refractivity contribution in [2.75, 3.05) is 11.9 Å². The van der Waals surface area contributed by atoms with E-state index < -0.39 is 15.9 Å². The minimum atomic E-state index is -3.74. The molecule has 150 valence electrons. The minimum absolute atomic E-state index is 0.121. The number of nitrogens with one attached hydrogen (secondary N) is 2. The molecule has 0 heterocycles. The Morgan fingerprint density at radius 2 is 1.55 bits per heavy atom. The number of anilines is 1. The molecule has 0 bridgehead atoms. The first-order chi connectivity index (χ1) is 13.9. The van der Waals surface area contributed by atoms with Crippen molar-refractivity contribution >= 4 is 21.6 Å². The van der Waals surface area contributed by atoms with E-state index in [4.69, 9.17) is 4.74 Å². The van der Waals surface area contributed by atoms with Crippen LogP contribution in [0.15, 0.2) is 83.8 Å². The number of ether oxygens (including phenoxy) is 1. The first-order valence-electron chi connectivity index (χ1n) is 9.05. The second-order valence-electron chi connectivity index (χ2n) is 6.48. The Hall–Kier alpha value is -3.16. The van der Waals surface area contributed by atoms with E-state index in [2.05, 4.69) is 10.0 Å². The van der Waals surface area contributed by atoms with Crippen LogP contribution in [-0.4, -0.2) is 20.9 Å². The molecule has 0 atom stereocenters. The van der Waals surface area contributed by atoms with E-state index in [0.29, 0.717) is 18.0 Å². The van der Waals surface area contributed by atoms with Crippen LogP contribution >= 0.6 is 0 Å². The van der Waals surface area contributed by atoms with E-state index in [1.54, 1.807) is 36.4 Å². The first kappa shape index (κ1) is 20.6. The Morgan fingerprint density at radius 1 is 0.897 bits per heavy atom. The highest BCUT2D eigenvalue weighted by Gasteiger charge is 2.15. The molecule has 0 aliphatic carbocycles. The monoisotopic (exact) mass is 410 g/mol. The van der Waals surface area contributed by atoms with Gasteiger partial charge in [-0.15, -0.1) is 0 Å². The van der Waals surface area contributed by atoms with Crippen LogP contribution in [-0.2, 0) is 21.4 Å². The van der Waals surface area contributed by atoms with Gasteiger partial charge in [-0.2, -0.15) is 0 Å². The van der Waals surface area contributed by atoms with Crippen molar-refractivity contribution in [3.8, 4) is 5.75 Å². The van der Waals surface area contributed by atoms with Gasteiger partial charge in [0.25, 0.3) is 0 Å². The summed E-state index contributed by atoms with van der Waals surface area (Å²) in [6, 6.07) is 23.1. The fourth-order valence-electron chi connectivity index (χ4n) is 2.54. The number of amides is 1. The normalized spacial score (nSPS) is 11.1. The number of benzene rings is 3. The summed E-state index contributed by atoms with van der Waals surface area (Å²) in [7, 11) is -3.74. The van der Waals surface area contributed by atoms with Crippen LogP contribution in [0.1, 0.15) is 11.1 Å². The maximum atomic E-state index is 12.2. The lowest BCUT2D eigenvalue weighted by atomic mass is 10.2. The number of hydrogen-bond donors (Lipinski definition) is 2. The average molecular weight is 410 g/mol. The third kappa shape index (κ3) is 6.17. The molecule has 3 aromatic rings. The van der Waals surface area contributed by atoms with Gasteiger partial charge < -0.3 is 10.1 Å². The van der Waals surface area contributed by atoms with Crippen molar-refractivity contribution in [2.24, 2.45) is 0 Å². The van der Waals surface area contributed by atoms with E-state index in [0.717, 1.165) is 11.1 Å². The maximum absolute atomic E-state index is 12.2. The average Bonchev–Trinajstić information content (AvgIpc) is 2.73. The fourth-order valence-corrected chi connectivity index (χ4v) is 3.52. The molecule has 6 nitrogen and oxygen atoms in total. The van der Waals surface area contributed by atoms with E-state index >= 15 is 0 Å². The Bertz CT molecular complexity index is 1050. The summed E-state index contributed by atoms with van der Waals surface area (Å²) in [4.78, 5) is 12.2. The summed E-state index contributed by atoms with van der Waals surface area (Å²) in [6.07, 6.45) is 0. The van der Waals surface area contributed by atoms with Gasteiger partial charge in [0.05, 0.1) is 11.4 Å². The minimum Gasteiger partial charge on any atom is -0.489 e. The summed E-state index contributed by atoms with van der Waals surface area (Å²) in [5.41, 5.74) is 2.57. The van der Waals surface area contributed by atoms with Gasteiger partial charge in [0.2, 0.25) is 15.9 Å². The fraction of sp³-hybridized carbons (Fsp3) is 0.136. The van der Waals surface area contributed by atoms with Crippen LogP contribution in [0, 0.1) is 6.92 Å². The smallest absolute Gasteiger partial charge is 0.241 e. The van der Waals surface area contributed by atoms with E-state index in [1.165, 1.54) is 12.1 Å². The highest BCUT2D eigenvalue weighted by molar-refractivity contribution is 7.89. The quantitative estimate of drug-likeness (QED) is 0.595. The van der Waals surface area contributed by atoms with Crippen LogP contribution < -0.4 is 14.8 Å². The molecule has 1 amide bonds. The number of aryl methyl sites for hydroxylation is 1. The Labute approximate surface area is 170 Å². The van der Waals surface area contributed by atoms with E-state index in [9.17, 15) is 13.2 Å². The number of carbonyl (C=O) groups excluding carboxylic acids is 1. The molecular weight excluding hydrogens is 388 g/mol. The van der Waals surface area contributed by atoms with Gasteiger partial charge in [0.1, 0.15) is 12.4 Å². The molecule has 0 saturated carbocycles. The summed E-state index contributed by atoms with van der Waals surface area (Å²) in [5, 5.41) is 2.65. The number of hydrogen-bond acceptors (Lipinski definition) is 4. The van der Waals surface area contributed by atoms with Gasteiger partial charge in [-0.1, -0.05) is 48.0 Å². The summed E-state index contributed by atoms with van der Waals surface area (Å²) < 4.78 is 32.4. The lowest BCUT2D eigenvalue weighted by Crippen LogP contribution is -2.32. The molecule has 0 aliphatic heterocycles. The van der Waals surface area contributed by atoms with Crippen LogP contribution in [0.2, 0.25) is 0 Å². The SMILES string of the molecule is Cc1ccc(S(=O)(=O)NCC(=O)Nc2ccc(OCc3ccccc3)cc2)cc1. The van der Waals surface area contributed by atoms with Gasteiger partial charge in [0, 0.05) is 5.69 Å². The highest BCUT2D eigenvalue weighted by Crippen LogP contribution is 2.17. The predicted molar refractivity (Wildman–Crippen MR) is 112 cm³/mol. The summed E-state index contributed by atoms with van der Waals surface area (Å²) >= 11 is 0. The van der Waals surface area contributed by atoms with Gasteiger partial charge in [-0.3, -0.25) is 4.79 Å². The van der Waals surface area contributed by atoms with Gasteiger partial charge in [-0.05, 0) is 48.9 Å². The van der Waals surface area contributed by atoms with Crippen LogP contribution in [0.4, 0.5) is 5.69 Å². The van der Waals surface area contributed by atoms with Crippen molar-refractivity contribution in [2.45, 2.75) is 18.4 Å². The summed E-state index contributed by atoms with van der Waals surface area (Å²) in [6.45, 7) is 1.96. The Kier molecular flexibility index (Phi) is 6.64. The molecule has 0 aliphatic rings.